The van der Waals surface area contributed by atoms with Gasteiger partial charge < -0.3 is 14.7 Å². The van der Waals surface area contributed by atoms with Crippen LogP contribution in [-0.2, 0) is 0 Å². The average molecular weight is 292 g/mol. The number of urea groups is 1. The van der Waals surface area contributed by atoms with Gasteiger partial charge in [-0.3, -0.25) is 0 Å². The zero-order valence-electron chi connectivity index (χ0n) is 11.2. The van der Waals surface area contributed by atoms with Crippen LogP contribution in [0.1, 0.15) is 25.1 Å². The molecule has 1 aliphatic heterocycles. The lowest BCUT2D eigenvalue weighted by molar-refractivity contribution is 0.208. The van der Waals surface area contributed by atoms with Crippen LogP contribution >= 0.6 is 11.3 Å². The van der Waals surface area contributed by atoms with Gasteiger partial charge in [-0.25, -0.2) is 4.79 Å². The van der Waals surface area contributed by atoms with E-state index in [1.807, 2.05) is 24.4 Å². The van der Waals surface area contributed by atoms with Gasteiger partial charge in [0, 0.05) is 25.6 Å². The number of hydrogen-bond acceptors (Lipinski definition) is 5. The van der Waals surface area contributed by atoms with E-state index in [9.17, 15) is 4.79 Å². The highest BCUT2D eigenvalue weighted by Gasteiger charge is 2.30. The lowest BCUT2D eigenvalue weighted by Crippen LogP contribution is -2.38. The molecular weight excluding hydrogens is 276 g/mol. The first-order chi connectivity index (χ1) is 9.78. The number of carbonyl (C=O) groups is 1. The van der Waals surface area contributed by atoms with E-state index in [1.54, 1.807) is 16.2 Å². The highest BCUT2D eigenvalue weighted by atomic mass is 32.1. The second-order valence-electron chi connectivity index (χ2n) is 4.70. The topological polar surface area (TPSA) is 71.3 Å². The zero-order valence-corrected chi connectivity index (χ0v) is 12.0. The van der Waals surface area contributed by atoms with Crippen LogP contribution in [0.15, 0.2) is 22.0 Å². The highest BCUT2D eigenvalue weighted by Crippen LogP contribution is 2.28. The second kappa shape index (κ2) is 5.62. The Balaban J connectivity index is 1.68. The summed E-state index contributed by atoms with van der Waals surface area (Å²) in [7, 11) is 0. The molecule has 1 atom stereocenters. The summed E-state index contributed by atoms with van der Waals surface area (Å²) in [4.78, 5) is 19.0. The number of amides is 2. The quantitative estimate of drug-likeness (QED) is 0.942. The smallest absolute Gasteiger partial charge is 0.317 e. The number of rotatable bonds is 3. The van der Waals surface area contributed by atoms with Crippen LogP contribution in [0.3, 0.4) is 0 Å². The van der Waals surface area contributed by atoms with Crippen LogP contribution in [0.5, 0.6) is 0 Å². The fourth-order valence-electron chi connectivity index (χ4n) is 2.32. The molecule has 0 saturated carbocycles. The van der Waals surface area contributed by atoms with Crippen molar-refractivity contribution >= 4 is 17.4 Å². The number of likely N-dealkylation sites (tertiary alicyclic amines) is 1. The fourth-order valence-corrected chi connectivity index (χ4v) is 2.96. The molecule has 1 saturated heterocycles. The van der Waals surface area contributed by atoms with E-state index in [1.165, 1.54) is 0 Å². The van der Waals surface area contributed by atoms with Crippen molar-refractivity contribution in [3.05, 3.63) is 23.3 Å². The van der Waals surface area contributed by atoms with Crippen molar-refractivity contribution in [1.29, 1.82) is 0 Å². The van der Waals surface area contributed by atoms with Crippen molar-refractivity contribution in [3.8, 4) is 10.8 Å². The number of nitrogens with zero attached hydrogens (tertiary/aromatic N) is 3. The van der Waals surface area contributed by atoms with E-state index in [4.69, 9.17) is 4.52 Å². The van der Waals surface area contributed by atoms with E-state index in [-0.39, 0.29) is 11.9 Å². The molecule has 0 spiro atoms. The standard InChI is InChI=1S/C13H16N4O2S/c1-2-14-13(18)17-6-5-9(8-17)11-15-12(19-16-11)10-4-3-7-20-10/h3-4,7,9H,2,5-6,8H2,1H3,(H,14,18)/t9-/m1/s1. The molecule has 1 aliphatic rings. The Bertz CT molecular complexity index is 581. The van der Waals surface area contributed by atoms with Gasteiger partial charge in [0.1, 0.15) is 0 Å². The van der Waals surface area contributed by atoms with Gasteiger partial charge in [-0.1, -0.05) is 11.2 Å². The average Bonchev–Trinajstić information content (AvgIpc) is 3.19. The maximum absolute atomic E-state index is 11.8. The Morgan fingerprint density at radius 1 is 1.65 bits per heavy atom. The largest absolute Gasteiger partial charge is 0.338 e. The minimum Gasteiger partial charge on any atom is -0.338 e. The van der Waals surface area contributed by atoms with Crippen molar-refractivity contribution in [1.82, 2.24) is 20.4 Å². The summed E-state index contributed by atoms with van der Waals surface area (Å²) < 4.78 is 5.29. The molecule has 0 radical (unpaired) electrons. The molecule has 7 heteroatoms. The Labute approximate surface area is 120 Å². The van der Waals surface area contributed by atoms with E-state index in [0.29, 0.717) is 24.8 Å². The molecule has 3 rings (SSSR count). The van der Waals surface area contributed by atoms with Crippen LogP contribution in [0.4, 0.5) is 4.79 Å². The first-order valence-electron chi connectivity index (χ1n) is 6.68. The Kier molecular flexibility index (Phi) is 3.68. The number of thiophene rings is 1. The van der Waals surface area contributed by atoms with Crippen molar-refractivity contribution in [2.45, 2.75) is 19.3 Å². The SMILES string of the molecule is CCNC(=O)N1CC[C@@H](c2noc(-c3cccs3)n2)C1. The van der Waals surface area contributed by atoms with Gasteiger partial charge in [-0.15, -0.1) is 11.3 Å². The van der Waals surface area contributed by atoms with Gasteiger partial charge in [0.05, 0.1) is 4.88 Å². The molecule has 1 N–H and O–H groups in total. The summed E-state index contributed by atoms with van der Waals surface area (Å²) in [6.45, 7) is 3.94. The summed E-state index contributed by atoms with van der Waals surface area (Å²) in [5, 5.41) is 8.85. The molecule has 3 heterocycles. The van der Waals surface area contributed by atoms with Crippen molar-refractivity contribution in [3.63, 3.8) is 0 Å². The number of hydrogen-bond donors (Lipinski definition) is 1. The lowest BCUT2D eigenvalue weighted by atomic mass is 10.1. The zero-order chi connectivity index (χ0) is 13.9. The van der Waals surface area contributed by atoms with Gasteiger partial charge in [0.25, 0.3) is 5.89 Å². The van der Waals surface area contributed by atoms with Crippen molar-refractivity contribution in [2.24, 2.45) is 0 Å². The molecule has 2 aromatic heterocycles. The third kappa shape index (κ3) is 2.53. The van der Waals surface area contributed by atoms with Gasteiger partial charge in [0.2, 0.25) is 0 Å². The maximum Gasteiger partial charge on any atom is 0.317 e. The summed E-state index contributed by atoms with van der Waals surface area (Å²) in [6.07, 6.45) is 0.876. The molecule has 0 bridgehead atoms. The van der Waals surface area contributed by atoms with Gasteiger partial charge >= 0.3 is 6.03 Å². The molecule has 20 heavy (non-hydrogen) atoms. The first kappa shape index (κ1) is 13.1. The fraction of sp³-hybridized carbons (Fsp3) is 0.462. The minimum atomic E-state index is -0.0167. The van der Waals surface area contributed by atoms with E-state index in [0.717, 1.165) is 17.8 Å². The third-order valence-electron chi connectivity index (χ3n) is 3.34. The van der Waals surface area contributed by atoms with E-state index < -0.39 is 0 Å². The summed E-state index contributed by atoms with van der Waals surface area (Å²) >= 11 is 1.57. The predicted molar refractivity (Wildman–Crippen MR) is 75.6 cm³/mol. The molecule has 0 unspecified atom stereocenters. The molecule has 6 nitrogen and oxygen atoms in total. The summed E-state index contributed by atoms with van der Waals surface area (Å²) in [5.41, 5.74) is 0. The summed E-state index contributed by atoms with van der Waals surface area (Å²) in [6, 6.07) is 3.89. The molecule has 2 aromatic rings. The second-order valence-corrected chi connectivity index (χ2v) is 5.65. The van der Waals surface area contributed by atoms with E-state index in [2.05, 4.69) is 15.5 Å². The van der Waals surface area contributed by atoms with Crippen LogP contribution in [-0.4, -0.2) is 40.7 Å². The highest BCUT2D eigenvalue weighted by molar-refractivity contribution is 7.13. The Hall–Kier alpha value is -1.89. The Morgan fingerprint density at radius 2 is 2.55 bits per heavy atom. The molecular formula is C13H16N4O2S. The van der Waals surface area contributed by atoms with Crippen LogP contribution in [0.2, 0.25) is 0 Å². The number of carbonyl (C=O) groups excluding carboxylic acids is 1. The van der Waals surface area contributed by atoms with Gasteiger partial charge in [0.15, 0.2) is 5.82 Å². The van der Waals surface area contributed by atoms with E-state index >= 15 is 0 Å². The van der Waals surface area contributed by atoms with Crippen LogP contribution < -0.4 is 5.32 Å². The van der Waals surface area contributed by atoms with Crippen LogP contribution in [0.25, 0.3) is 10.8 Å². The number of nitrogens with one attached hydrogen (secondary N) is 1. The molecule has 0 aromatic carbocycles. The van der Waals surface area contributed by atoms with Crippen molar-refractivity contribution < 1.29 is 9.32 Å². The molecule has 2 amide bonds. The molecule has 106 valence electrons. The minimum absolute atomic E-state index is 0.0167. The predicted octanol–water partition coefficient (Wildman–Crippen LogP) is 2.32. The van der Waals surface area contributed by atoms with Crippen molar-refractivity contribution in [2.75, 3.05) is 19.6 Å². The Morgan fingerprint density at radius 3 is 3.30 bits per heavy atom. The summed E-state index contributed by atoms with van der Waals surface area (Å²) in [5.74, 6) is 1.42. The maximum atomic E-state index is 11.8. The van der Waals surface area contributed by atoms with Gasteiger partial charge in [-0.05, 0) is 24.8 Å². The first-order valence-corrected chi connectivity index (χ1v) is 7.56. The molecule has 1 fully saturated rings. The van der Waals surface area contributed by atoms with Crippen LogP contribution in [0, 0.1) is 0 Å². The number of aromatic nitrogens is 2. The normalized spacial score (nSPS) is 18.4. The van der Waals surface area contributed by atoms with Gasteiger partial charge in [-0.2, -0.15) is 4.98 Å². The monoisotopic (exact) mass is 292 g/mol. The molecule has 0 aliphatic carbocycles. The lowest BCUT2D eigenvalue weighted by Gasteiger charge is -2.15. The third-order valence-corrected chi connectivity index (χ3v) is 4.20.